The summed E-state index contributed by atoms with van der Waals surface area (Å²) in [5.41, 5.74) is 1.36. The van der Waals surface area contributed by atoms with Gasteiger partial charge < -0.3 is 0 Å². The van der Waals surface area contributed by atoms with Crippen molar-refractivity contribution >= 4 is 0 Å². The van der Waals surface area contributed by atoms with Crippen LogP contribution in [0.4, 0.5) is 0 Å². The molecule has 0 amide bonds. The van der Waals surface area contributed by atoms with Crippen molar-refractivity contribution in [3.8, 4) is 0 Å². The van der Waals surface area contributed by atoms with Gasteiger partial charge in [0.1, 0.15) is 0 Å². The summed E-state index contributed by atoms with van der Waals surface area (Å²) >= 11 is 0. The molecule has 3 heterocycles. The van der Waals surface area contributed by atoms with Crippen LogP contribution in [0.3, 0.4) is 0 Å². The summed E-state index contributed by atoms with van der Waals surface area (Å²) in [5.74, 6) is 0. The third-order valence-corrected chi connectivity index (χ3v) is 4.73. The van der Waals surface area contributed by atoms with Gasteiger partial charge in [0, 0.05) is 44.1 Å². The standard InChI is InChI=1S/C16H25N3/c1-14-12-19-9-3-2-6-16(19)13-18(14)10-7-15-5-4-8-17-11-15/h4-5,8,11,14,16H,2-3,6-7,9-10,12-13H2,1H3. The van der Waals surface area contributed by atoms with Gasteiger partial charge in [-0.15, -0.1) is 0 Å². The van der Waals surface area contributed by atoms with Gasteiger partial charge in [-0.05, 0) is 44.4 Å². The van der Waals surface area contributed by atoms with Gasteiger partial charge >= 0.3 is 0 Å². The van der Waals surface area contributed by atoms with E-state index in [9.17, 15) is 0 Å². The Kier molecular flexibility index (Phi) is 4.14. The Morgan fingerprint density at radius 2 is 2.26 bits per heavy atom. The van der Waals surface area contributed by atoms with Crippen molar-refractivity contribution in [2.75, 3.05) is 26.2 Å². The molecule has 1 aromatic heterocycles. The minimum absolute atomic E-state index is 0.700. The molecule has 2 atom stereocenters. The molecule has 0 aromatic carbocycles. The van der Waals surface area contributed by atoms with Crippen LogP contribution in [0, 0.1) is 0 Å². The second-order valence-corrected chi connectivity index (χ2v) is 6.10. The lowest BCUT2D eigenvalue weighted by Gasteiger charge is -2.47. The minimum atomic E-state index is 0.700. The number of pyridine rings is 1. The van der Waals surface area contributed by atoms with Gasteiger partial charge in [-0.25, -0.2) is 0 Å². The normalized spacial score (nSPS) is 29.1. The second-order valence-electron chi connectivity index (χ2n) is 6.10. The number of nitrogens with zero attached hydrogens (tertiary/aromatic N) is 3. The van der Waals surface area contributed by atoms with Crippen LogP contribution in [0.15, 0.2) is 24.5 Å². The number of hydrogen-bond donors (Lipinski definition) is 0. The molecule has 3 nitrogen and oxygen atoms in total. The molecule has 0 bridgehead atoms. The Labute approximate surface area is 116 Å². The third-order valence-electron chi connectivity index (χ3n) is 4.73. The first-order valence-electron chi connectivity index (χ1n) is 7.70. The van der Waals surface area contributed by atoms with Gasteiger partial charge in [0.15, 0.2) is 0 Å². The molecule has 104 valence electrons. The Bertz CT molecular complexity index is 392. The number of piperidine rings is 1. The fourth-order valence-corrected chi connectivity index (χ4v) is 3.54. The maximum absolute atomic E-state index is 4.21. The molecular formula is C16H25N3. The minimum Gasteiger partial charge on any atom is -0.298 e. The van der Waals surface area contributed by atoms with E-state index in [-0.39, 0.29) is 0 Å². The van der Waals surface area contributed by atoms with Crippen molar-refractivity contribution in [3.05, 3.63) is 30.1 Å². The van der Waals surface area contributed by atoms with Crippen LogP contribution >= 0.6 is 0 Å². The SMILES string of the molecule is CC1CN2CCCCC2CN1CCc1cccnc1. The van der Waals surface area contributed by atoms with Crippen molar-refractivity contribution < 1.29 is 0 Å². The molecule has 0 spiro atoms. The van der Waals surface area contributed by atoms with Crippen LogP contribution in [0.2, 0.25) is 0 Å². The van der Waals surface area contributed by atoms with Crippen molar-refractivity contribution in [2.45, 2.75) is 44.7 Å². The van der Waals surface area contributed by atoms with E-state index in [4.69, 9.17) is 0 Å². The van der Waals surface area contributed by atoms with Crippen LogP contribution in [-0.2, 0) is 6.42 Å². The quantitative estimate of drug-likeness (QED) is 0.829. The van der Waals surface area contributed by atoms with E-state index >= 15 is 0 Å². The lowest BCUT2D eigenvalue weighted by Crippen LogP contribution is -2.58. The van der Waals surface area contributed by atoms with Crippen LogP contribution in [-0.4, -0.2) is 53.0 Å². The summed E-state index contributed by atoms with van der Waals surface area (Å²) in [6.07, 6.45) is 9.21. The smallest absolute Gasteiger partial charge is 0.0300 e. The van der Waals surface area contributed by atoms with Gasteiger partial charge in [0.05, 0.1) is 0 Å². The topological polar surface area (TPSA) is 19.4 Å². The Morgan fingerprint density at radius 1 is 1.32 bits per heavy atom. The zero-order valence-electron chi connectivity index (χ0n) is 12.0. The predicted molar refractivity (Wildman–Crippen MR) is 78.2 cm³/mol. The molecule has 2 saturated heterocycles. The van der Waals surface area contributed by atoms with E-state index < -0.39 is 0 Å². The predicted octanol–water partition coefficient (Wildman–Crippen LogP) is 2.18. The van der Waals surface area contributed by atoms with Crippen LogP contribution in [0.5, 0.6) is 0 Å². The summed E-state index contributed by atoms with van der Waals surface area (Å²) < 4.78 is 0. The van der Waals surface area contributed by atoms with E-state index in [1.165, 1.54) is 51.0 Å². The number of aromatic nitrogens is 1. The van der Waals surface area contributed by atoms with E-state index in [1.54, 1.807) is 0 Å². The summed E-state index contributed by atoms with van der Waals surface area (Å²) in [4.78, 5) is 9.60. The molecule has 0 N–H and O–H groups in total. The summed E-state index contributed by atoms with van der Waals surface area (Å²) in [5, 5.41) is 0. The average Bonchev–Trinajstić information content (AvgIpc) is 2.46. The second kappa shape index (κ2) is 6.02. The van der Waals surface area contributed by atoms with Crippen LogP contribution in [0.25, 0.3) is 0 Å². The van der Waals surface area contributed by atoms with Crippen molar-refractivity contribution in [3.63, 3.8) is 0 Å². The summed E-state index contributed by atoms with van der Waals surface area (Å²) in [7, 11) is 0. The molecule has 0 aliphatic carbocycles. The van der Waals surface area contributed by atoms with Crippen molar-refractivity contribution in [2.24, 2.45) is 0 Å². The van der Waals surface area contributed by atoms with E-state index in [0.717, 1.165) is 12.5 Å². The van der Waals surface area contributed by atoms with Crippen LogP contribution in [0.1, 0.15) is 31.7 Å². The maximum Gasteiger partial charge on any atom is 0.0300 e. The molecule has 1 aromatic rings. The Morgan fingerprint density at radius 3 is 3.11 bits per heavy atom. The van der Waals surface area contributed by atoms with E-state index in [0.29, 0.717) is 6.04 Å². The molecular weight excluding hydrogens is 234 g/mol. The molecule has 0 radical (unpaired) electrons. The molecule has 2 aliphatic heterocycles. The van der Waals surface area contributed by atoms with Gasteiger partial charge in [-0.1, -0.05) is 12.5 Å². The fourth-order valence-electron chi connectivity index (χ4n) is 3.54. The van der Waals surface area contributed by atoms with Gasteiger partial charge in [-0.2, -0.15) is 0 Å². The van der Waals surface area contributed by atoms with Crippen LogP contribution < -0.4 is 0 Å². The first kappa shape index (κ1) is 13.1. The number of fused-ring (bicyclic) bond motifs is 1. The highest BCUT2D eigenvalue weighted by molar-refractivity contribution is 5.09. The largest absolute Gasteiger partial charge is 0.298 e. The van der Waals surface area contributed by atoms with E-state index in [1.807, 2.05) is 18.5 Å². The van der Waals surface area contributed by atoms with E-state index in [2.05, 4.69) is 27.8 Å². The molecule has 2 fully saturated rings. The average molecular weight is 259 g/mol. The number of piperazine rings is 1. The lowest BCUT2D eigenvalue weighted by atomic mass is 9.97. The lowest BCUT2D eigenvalue weighted by molar-refractivity contribution is 0.0160. The highest BCUT2D eigenvalue weighted by atomic mass is 15.3. The van der Waals surface area contributed by atoms with Gasteiger partial charge in [-0.3, -0.25) is 14.8 Å². The molecule has 19 heavy (non-hydrogen) atoms. The maximum atomic E-state index is 4.21. The Hall–Kier alpha value is -0.930. The highest BCUT2D eigenvalue weighted by Gasteiger charge is 2.32. The first-order chi connectivity index (χ1) is 9.33. The molecule has 3 rings (SSSR count). The third kappa shape index (κ3) is 3.15. The number of rotatable bonds is 3. The zero-order valence-corrected chi connectivity index (χ0v) is 12.0. The molecule has 3 heteroatoms. The van der Waals surface area contributed by atoms with Crippen molar-refractivity contribution in [1.29, 1.82) is 0 Å². The summed E-state index contributed by atoms with van der Waals surface area (Å²) in [6.45, 7) is 7.41. The number of hydrogen-bond acceptors (Lipinski definition) is 3. The molecule has 2 unspecified atom stereocenters. The summed E-state index contributed by atoms with van der Waals surface area (Å²) in [6, 6.07) is 5.75. The zero-order chi connectivity index (χ0) is 13.1. The Balaban J connectivity index is 1.55. The van der Waals surface area contributed by atoms with Gasteiger partial charge in [0.2, 0.25) is 0 Å². The van der Waals surface area contributed by atoms with Gasteiger partial charge in [0.25, 0.3) is 0 Å². The monoisotopic (exact) mass is 259 g/mol. The van der Waals surface area contributed by atoms with Crippen molar-refractivity contribution in [1.82, 2.24) is 14.8 Å². The fraction of sp³-hybridized carbons (Fsp3) is 0.688. The first-order valence-corrected chi connectivity index (χ1v) is 7.70. The molecule has 0 saturated carbocycles. The highest BCUT2D eigenvalue weighted by Crippen LogP contribution is 2.24. The molecule has 2 aliphatic rings.